The van der Waals surface area contributed by atoms with Crippen molar-refractivity contribution in [3.8, 4) is 0 Å². The number of aryl methyl sites for hydroxylation is 2. The van der Waals surface area contributed by atoms with E-state index in [-0.39, 0.29) is 6.03 Å². The van der Waals surface area contributed by atoms with Crippen LogP contribution in [0.15, 0.2) is 60.1 Å². The molecule has 1 aromatic carbocycles. The monoisotopic (exact) mass is 339 g/mol. The molecule has 1 N–H and O–H groups in total. The molecular formula is C19H21N3OS. The molecule has 0 fully saturated rings. The molecule has 0 aliphatic carbocycles. The smallest absolute Gasteiger partial charge is 0.322 e. The van der Waals surface area contributed by atoms with E-state index in [0.29, 0.717) is 13.1 Å². The zero-order chi connectivity index (χ0) is 16.9. The summed E-state index contributed by atoms with van der Waals surface area (Å²) in [5.41, 5.74) is 3.01. The minimum atomic E-state index is -0.0844. The number of amides is 2. The van der Waals surface area contributed by atoms with Gasteiger partial charge in [0.1, 0.15) is 0 Å². The van der Waals surface area contributed by atoms with Crippen molar-refractivity contribution in [1.82, 2.24) is 9.47 Å². The molecule has 0 saturated carbocycles. The number of hydrogen-bond acceptors (Lipinski definition) is 2. The second-order valence-electron chi connectivity index (χ2n) is 5.79. The van der Waals surface area contributed by atoms with Crippen molar-refractivity contribution >= 4 is 23.1 Å². The van der Waals surface area contributed by atoms with Crippen molar-refractivity contribution in [1.29, 1.82) is 0 Å². The van der Waals surface area contributed by atoms with E-state index in [4.69, 9.17) is 0 Å². The standard InChI is InChI=1S/C19H21N3OS/c1-15-7-3-4-10-18(15)20-19(23)22(14-17-9-6-12-24-17)13-16-8-5-11-21(16)2/h3-12H,13-14H2,1-2H3,(H,20,23). The minimum Gasteiger partial charge on any atom is -0.353 e. The van der Waals surface area contributed by atoms with Crippen LogP contribution in [-0.4, -0.2) is 15.5 Å². The molecule has 3 rings (SSSR count). The van der Waals surface area contributed by atoms with Gasteiger partial charge in [0, 0.05) is 29.5 Å². The Morgan fingerprint density at radius 1 is 1.12 bits per heavy atom. The first-order valence-corrected chi connectivity index (χ1v) is 8.75. The predicted octanol–water partition coefficient (Wildman–Crippen LogP) is 4.63. The lowest BCUT2D eigenvalue weighted by molar-refractivity contribution is 0.205. The average molecular weight is 339 g/mol. The summed E-state index contributed by atoms with van der Waals surface area (Å²) < 4.78 is 2.04. The molecular weight excluding hydrogens is 318 g/mol. The van der Waals surface area contributed by atoms with E-state index in [1.165, 1.54) is 4.88 Å². The van der Waals surface area contributed by atoms with Gasteiger partial charge >= 0.3 is 6.03 Å². The summed E-state index contributed by atoms with van der Waals surface area (Å²) in [6, 6.07) is 15.9. The molecule has 0 saturated heterocycles. The Morgan fingerprint density at radius 2 is 1.96 bits per heavy atom. The number of hydrogen-bond donors (Lipinski definition) is 1. The molecule has 3 aromatic rings. The molecule has 0 spiro atoms. The molecule has 0 aliphatic rings. The lowest BCUT2D eigenvalue weighted by atomic mass is 10.2. The highest BCUT2D eigenvalue weighted by Gasteiger charge is 2.17. The number of rotatable bonds is 5. The van der Waals surface area contributed by atoms with Crippen molar-refractivity contribution in [3.05, 3.63) is 76.2 Å². The summed E-state index contributed by atoms with van der Waals surface area (Å²) in [6.45, 7) is 3.16. The zero-order valence-corrected chi connectivity index (χ0v) is 14.7. The van der Waals surface area contributed by atoms with Gasteiger partial charge in [-0.25, -0.2) is 4.79 Å². The van der Waals surface area contributed by atoms with Gasteiger partial charge in [-0.2, -0.15) is 0 Å². The highest BCUT2D eigenvalue weighted by atomic mass is 32.1. The predicted molar refractivity (Wildman–Crippen MR) is 99.2 cm³/mol. The fourth-order valence-corrected chi connectivity index (χ4v) is 3.27. The van der Waals surface area contributed by atoms with Gasteiger partial charge in [-0.15, -0.1) is 11.3 Å². The molecule has 2 heterocycles. The number of thiophene rings is 1. The fraction of sp³-hybridized carbons (Fsp3) is 0.211. The molecule has 0 unspecified atom stereocenters. The third-order valence-corrected chi connectivity index (χ3v) is 4.87. The normalized spacial score (nSPS) is 10.6. The zero-order valence-electron chi connectivity index (χ0n) is 13.9. The quantitative estimate of drug-likeness (QED) is 0.723. The Morgan fingerprint density at radius 3 is 2.62 bits per heavy atom. The first-order valence-electron chi connectivity index (χ1n) is 7.87. The summed E-state index contributed by atoms with van der Waals surface area (Å²) in [6.07, 6.45) is 2.00. The lowest BCUT2D eigenvalue weighted by Crippen LogP contribution is -2.34. The van der Waals surface area contributed by atoms with E-state index in [1.807, 2.05) is 77.5 Å². The second kappa shape index (κ2) is 7.36. The highest BCUT2D eigenvalue weighted by Crippen LogP contribution is 2.18. The van der Waals surface area contributed by atoms with Crippen molar-refractivity contribution in [3.63, 3.8) is 0 Å². The van der Waals surface area contributed by atoms with Crippen LogP contribution in [0, 0.1) is 6.92 Å². The van der Waals surface area contributed by atoms with Crippen molar-refractivity contribution < 1.29 is 4.79 Å². The maximum absolute atomic E-state index is 12.8. The molecule has 0 atom stereocenters. The third-order valence-electron chi connectivity index (χ3n) is 4.00. The van der Waals surface area contributed by atoms with Gasteiger partial charge in [0.25, 0.3) is 0 Å². The molecule has 0 bridgehead atoms. The van der Waals surface area contributed by atoms with Crippen LogP contribution in [0.5, 0.6) is 0 Å². The van der Waals surface area contributed by atoms with Crippen LogP contribution in [0.4, 0.5) is 10.5 Å². The Labute approximate surface area is 146 Å². The Balaban J connectivity index is 1.79. The minimum absolute atomic E-state index is 0.0844. The summed E-state index contributed by atoms with van der Waals surface area (Å²) >= 11 is 1.67. The number of carbonyl (C=O) groups is 1. The van der Waals surface area contributed by atoms with Crippen molar-refractivity contribution in [2.45, 2.75) is 20.0 Å². The van der Waals surface area contributed by atoms with Gasteiger partial charge in [-0.1, -0.05) is 24.3 Å². The number of nitrogens with zero attached hydrogens (tertiary/aromatic N) is 2. The average Bonchev–Trinajstić information content (AvgIpc) is 3.21. The summed E-state index contributed by atoms with van der Waals surface area (Å²) in [5, 5.41) is 5.07. The van der Waals surface area contributed by atoms with E-state index in [0.717, 1.165) is 16.9 Å². The van der Waals surface area contributed by atoms with Crippen LogP contribution in [0.1, 0.15) is 16.1 Å². The van der Waals surface area contributed by atoms with Gasteiger partial charge in [-0.3, -0.25) is 0 Å². The van der Waals surface area contributed by atoms with E-state index >= 15 is 0 Å². The van der Waals surface area contributed by atoms with Crippen LogP contribution in [0.2, 0.25) is 0 Å². The van der Waals surface area contributed by atoms with Gasteiger partial charge in [0.15, 0.2) is 0 Å². The molecule has 2 amide bonds. The number of anilines is 1. The first-order chi connectivity index (χ1) is 11.6. The van der Waals surface area contributed by atoms with Crippen LogP contribution < -0.4 is 5.32 Å². The number of carbonyl (C=O) groups excluding carboxylic acids is 1. The van der Waals surface area contributed by atoms with Crippen LogP contribution in [0.25, 0.3) is 0 Å². The van der Waals surface area contributed by atoms with Gasteiger partial charge in [-0.05, 0) is 42.1 Å². The van der Waals surface area contributed by atoms with Crippen molar-refractivity contribution in [2.75, 3.05) is 5.32 Å². The van der Waals surface area contributed by atoms with E-state index < -0.39 is 0 Å². The highest BCUT2D eigenvalue weighted by molar-refractivity contribution is 7.09. The Hall–Kier alpha value is -2.53. The Kier molecular flexibility index (Phi) is 5.01. The van der Waals surface area contributed by atoms with Crippen molar-refractivity contribution in [2.24, 2.45) is 7.05 Å². The fourth-order valence-electron chi connectivity index (χ4n) is 2.55. The number of para-hydroxylation sites is 1. The van der Waals surface area contributed by atoms with E-state index in [9.17, 15) is 4.79 Å². The number of urea groups is 1. The summed E-state index contributed by atoms with van der Waals surface area (Å²) in [4.78, 5) is 15.9. The number of benzene rings is 1. The molecule has 0 radical (unpaired) electrons. The molecule has 2 aromatic heterocycles. The Bertz CT molecular complexity index is 808. The third kappa shape index (κ3) is 3.86. The number of aromatic nitrogens is 1. The summed E-state index contributed by atoms with van der Waals surface area (Å²) in [5.74, 6) is 0. The summed E-state index contributed by atoms with van der Waals surface area (Å²) in [7, 11) is 2.00. The van der Waals surface area contributed by atoms with Crippen LogP contribution in [-0.2, 0) is 20.1 Å². The maximum atomic E-state index is 12.8. The van der Waals surface area contributed by atoms with E-state index in [1.54, 1.807) is 11.3 Å². The molecule has 124 valence electrons. The maximum Gasteiger partial charge on any atom is 0.322 e. The molecule has 5 heteroatoms. The van der Waals surface area contributed by atoms with E-state index in [2.05, 4.69) is 11.4 Å². The molecule has 0 aliphatic heterocycles. The largest absolute Gasteiger partial charge is 0.353 e. The second-order valence-corrected chi connectivity index (χ2v) is 6.82. The van der Waals surface area contributed by atoms with Crippen LogP contribution >= 0.6 is 11.3 Å². The van der Waals surface area contributed by atoms with Gasteiger partial charge in [0.2, 0.25) is 0 Å². The van der Waals surface area contributed by atoms with Gasteiger partial charge in [0.05, 0.1) is 13.1 Å². The first kappa shape index (κ1) is 16.3. The molecule has 24 heavy (non-hydrogen) atoms. The lowest BCUT2D eigenvalue weighted by Gasteiger charge is -2.23. The SMILES string of the molecule is Cc1ccccc1NC(=O)N(Cc1cccs1)Cc1cccn1C. The van der Waals surface area contributed by atoms with Gasteiger partial charge < -0.3 is 14.8 Å². The molecule has 4 nitrogen and oxygen atoms in total. The van der Waals surface area contributed by atoms with Crippen LogP contribution in [0.3, 0.4) is 0 Å². The topological polar surface area (TPSA) is 37.3 Å². The number of nitrogens with one attached hydrogen (secondary N) is 1.